The number of hydrogen-bond donors (Lipinski definition) is 2. The van der Waals surface area contributed by atoms with E-state index in [4.69, 9.17) is 4.74 Å². The smallest absolute Gasteiger partial charge is 0.238 e. The zero-order chi connectivity index (χ0) is 15.1. The van der Waals surface area contributed by atoms with Gasteiger partial charge in [0.05, 0.1) is 13.2 Å². The molecule has 5 nitrogen and oxygen atoms in total. The molecule has 0 fully saturated rings. The highest BCUT2D eigenvalue weighted by Gasteiger charge is 2.05. The molecule has 114 valence electrons. The number of aromatic nitrogens is 1. The topological polar surface area (TPSA) is 55.3 Å². The fourth-order valence-electron chi connectivity index (χ4n) is 2.30. The minimum atomic E-state index is -0.0431. The number of carbonyl (C=O) groups is 1. The molecule has 0 aliphatic carbocycles. The molecule has 21 heavy (non-hydrogen) atoms. The van der Waals surface area contributed by atoms with Gasteiger partial charge < -0.3 is 19.9 Å². The van der Waals surface area contributed by atoms with E-state index in [9.17, 15) is 4.79 Å². The number of amides is 1. The van der Waals surface area contributed by atoms with Crippen LogP contribution in [0.3, 0.4) is 0 Å². The van der Waals surface area contributed by atoms with E-state index in [0.717, 1.165) is 24.0 Å². The Hall–Kier alpha value is -1.85. The van der Waals surface area contributed by atoms with Crippen LogP contribution in [0.1, 0.15) is 13.3 Å². The van der Waals surface area contributed by atoms with Crippen molar-refractivity contribution in [2.24, 2.45) is 0 Å². The summed E-state index contributed by atoms with van der Waals surface area (Å²) < 4.78 is 7.15. The number of nitrogens with one attached hydrogen (secondary N) is 2. The van der Waals surface area contributed by atoms with Gasteiger partial charge in [-0.05, 0) is 30.7 Å². The molecule has 2 rings (SSSR count). The van der Waals surface area contributed by atoms with Crippen molar-refractivity contribution in [3.8, 4) is 0 Å². The lowest BCUT2D eigenvalue weighted by atomic mass is 10.2. The highest BCUT2D eigenvalue weighted by atomic mass is 16.5. The maximum atomic E-state index is 11.8. The molecule has 1 amide bonds. The van der Waals surface area contributed by atoms with Gasteiger partial charge in [-0.1, -0.05) is 6.92 Å². The van der Waals surface area contributed by atoms with Crippen molar-refractivity contribution in [3.63, 3.8) is 0 Å². The standard InChI is InChI=1S/C16H23N3O2/c1-3-8-19-9-6-13-11-14(4-5-15(13)19)18-16(20)12-17-7-10-21-2/h4-6,9,11,17H,3,7-8,10,12H2,1-2H3,(H,18,20). The van der Waals surface area contributed by atoms with Crippen molar-refractivity contribution in [2.75, 3.05) is 32.1 Å². The molecule has 0 aliphatic rings. The van der Waals surface area contributed by atoms with Crippen LogP contribution in [0.5, 0.6) is 0 Å². The molecule has 0 bridgehead atoms. The molecule has 2 aromatic rings. The molecule has 0 unspecified atom stereocenters. The van der Waals surface area contributed by atoms with Crippen LogP contribution >= 0.6 is 0 Å². The molecule has 0 aliphatic heterocycles. The summed E-state index contributed by atoms with van der Waals surface area (Å²) in [4.78, 5) is 11.8. The zero-order valence-electron chi connectivity index (χ0n) is 12.7. The number of anilines is 1. The van der Waals surface area contributed by atoms with Crippen LogP contribution in [0.15, 0.2) is 30.5 Å². The number of rotatable bonds is 8. The van der Waals surface area contributed by atoms with Gasteiger partial charge in [0.25, 0.3) is 0 Å². The number of hydrogen-bond acceptors (Lipinski definition) is 3. The van der Waals surface area contributed by atoms with Crippen molar-refractivity contribution < 1.29 is 9.53 Å². The quantitative estimate of drug-likeness (QED) is 0.733. The average Bonchev–Trinajstić information content (AvgIpc) is 2.87. The van der Waals surface area contributed by atoms with Gasteiger partial charge in [0.2, 0.25) is 5.91 Å². The normalized spacial score (nSPS) is 11.0. The van der Waals surface area contributed by atoms with Crippen LogP contribution in [-0.2, 0) is 16.1 Å². The lowest BCUT2D eigenvalue weighted by Gasteiger charge is -2.08. The number of benzene rings is 1. The lowest BCUT2D eigenvalue weighted by molar-refractivity contribution is -0.115. The minimum Gasteiger partial charge on any atom is -0.383 e. The lowest BCUT2D eigenvalue weighted by Crippen LogP contribution is -2.30. The molecule has 1 heterocycles. The van der Waals surface area contributed by atoms with Crippen LogP contribution < -0.4 is 10.6 Å². The van der Waals surface area contributed by atoms with Gasteiger partial charge in [0.15, 0.2) is 0 Å². The van der Waals surface area contributed by atoms with Crippen molar-refractivity contribution >= 4 is 22.5 Å². The predicted octanol–water partition coefficient (Wildman–Crippen LogP) is 2.23. The number of fused-ring (bicyclic) bond motifs is 1. The van der Waals surface area contributed by atoms with Crippen LogP contribution in [0.2, 0.25) is 0 Å². The maximum Gasteiger partial charge on any atom is 0.238 e. The van der Waals surface area contributed by atoms with E-state index in [1.807, 2.05) is 12.1 Å². The third-order valence-corrected chi connectivity index (χ3v) is 3.29. The number of aryl methyl sites for hydroxylation is 1. The van der Waals surface area contributed by atoms with Gasteiger partial charge in [0.1, 0.15) is 0 Å². The van der Waals surface area contributed by atoms with E-state index in [0.29, 0.717) is 13.2 Å². The molecule has 0 spiro atoms. The molecule has 0 atom stereocenters. The van der Waals surface area contributed by atoms with Gasteiger partial charge >= 0.3 is 0 Å². The van der Waals surface area contributed by atoms with Gasteiger partial charge in [0, 0.05) is 43.0 Å². The summed E-state index contributed by atoms with van der Waals surface area (Å²) in [6.45, 7) is 4.74. The summed E-state index contributed by atoms with van der Waals surface area (Å²) in [5.74, 6) is -0.0431. The first-order valence-corrected chi connectivity index (χ1v) is 7.33. The number of methoxy groups -OCH3 is 1. The Kier molecular flexibility index (Phi) is 5.78. The van der Waals surface area contributed by atoms with Gasteiger partial charge in [-0.15, -0.1) is 0 Å². The molecular weight excluding hydrogens is 266 g/mol. The number of nitrogens with zero attached hydrogens (tertiary/aromatic N) is 1. The Morgan fingerprint density at radius 3 is 2.95 bits per heavy atom. The highest BCUT2D eigenvalue weighted by molar-refractivity contribution is 5.95. The molecule has 0 saturated carbocycles. The maximum absolute atomic E-state index is 11.8. The molecule has 0 saturated heterocycles. The van der Waals surface area contributed by atoms with Gasteiger partial charge in [-0.3, -0.25) is 4.79 Å². The first-order chi connectivity index (χ1) is 10.2. The van der Waals surface area contributed by atoms with Gasteiger partial charge in [-0.2, -0.15) is 0 Å². The summed E-state index contributed by atoms with van der Waals surface area (Å²) in [7, 11) is 1.64. The van der Waals surface area contributed by atoms with E-state index < -0.39 is 0 Å². The van der Waals surface area contributed by atoms with Crippen LogP contribution in [0, 0.1) is 0 Å². The van der Waals surface area contributed by atoms with E-state index >= 15 is 0 Å². The molecule has 5 heteroatoms. The summed E-state index contributed by atoms with van der Waals surface area (Å²) >= 11 is 0. The third kappa shape index (κ3) is 4.31. The Labute approximate surface area is 125 Å². The van der Waals surface area contributed by atoms with Crippen molar-refractivity contribution in [3.05, 3.63) is 30.5 Å². The summed E-state index contributed by atoms with van der Waals surface area (Å²) in [6.07, 6.45) is 3.20. The first-order valence-electron chi connectivity index (χ1n) is 7.33. The molecular formula is C16H23N3O2. The zero-order valence-corrected chi connectivity index (χ0v) is 12.7. The molecule has 0 radical (unpaired) electrons. The summed E-state index contributed by atoms with van der Waals surface area (Å²) in [5.41, 5.74) is 2.03. The second kappa shape index (κ2) is 7.81. The number of carbonyl (C=O) groups excluding carboxylic acids is 1. The van der Waals surface area contributed by atoms with E-state index in [-0.39, 0.29) is 12.5 Å². The van der Waals surface area contributed by atoms with Gasteiger partial charge in [-0.25, -0.2) is 0 Å². The minimum absolute atomic E-state index is 0.0431. The molecule has 1 aromatic heterocycles. The average molecular weight is 289 g/mol. The largest absolute Gasteiger partial charge is 0.383 e. The Bertz CT molecular complexity index is 592. The van der Waals surface area contributed by atoms with E-state index in [1.54, 1.807) is 7.11 Å². The van der Waals surface area contributed by atoms with E-state index in [2.05, 4.69) is 40.5 Å². The van der Waals surface area contributed by atoms with E-state index in [1.165, 1.54) is 5.52 Å². The Morgan fingerprint density at radius 2 is 2.19 bits per heavy atom. The molecule has 1 aromatic carbocycles. The van der Waals surface area contributed by atoms with Crippen molar-refractivity contribution in [1.29, 1.82) is 0 Å². The summed E-state index contributed by atoms with van der Waals surface area (Å²) in [6, 6.07) is 8.09. The van der Waals surface area contributed by atoms with Crippen LogP contribution in [-0.4, -0.2) is 37.3 Å². The fraction of sp³-hybridized carbons (Fsp3) is 0.438. The van der Waals surface area contributed by atoms with Crippen molar-refractivity contribution in [1.82, 2.24) is 9.88 Å². The third-order valence-electron chi connectivity index (χ3n) is 3.29. The second-order valence-electron chi connectivity index (χ2n) is 5.00. The fourth-order valence-corrected chi connectivity index (χ4v) is 2.30. The Morgan fingerprint density at radius 1 is 1.33 bits per heavy atom. The SMILES string of the molecule is CCCn1ccc2cc(NC(=O)CNCCOC)ccc21. The Balaban J connectivity index is 1.95. The van der Waals surface area contributed by atoms with Crippen LogP contribution in [0.25, 0.3) is 10.9 Å². The monoisotopic (exact) mass is 289 g/mol. The number of ether oxygens (including phenoxy) is 1. The highest BCUT2D eigenvalue weighted by Crippen LogP contribution is 2.20. The molecule has 2 N–H and O–H groups in total. The van der Waals surface area contributed by atoms with Crippen molar-refractivity contribution in [2.45, 2.75) is 19.9 Å². The second-order valence-corrected chi connectivity index (χ2v) is 5.00. The summed E-state index contributed by atoms with van der Waals surface area (Å²) in [5, 5.41) is 7.07. The van der Waals surface area contributed by atoms with Crippen LogP contribution in [0.4, 0.5) is 5.69 Å². The first kappa shape index (κ1) is 15.5. The predicted molar refractivity (Wildman–Crippen MR) is 85.6 cm³/mol.